The zero-order valence-corrected chi connectivity index (χ0v) is 18.3. The molecule has 8 heteroatoms. The van der Waals surface area contributed by atoms with Gasteiger partial charge in [0.15, 0.2) is 0 Å². The molecule has 2 N–H and O–H groups in total. The molecule has 3 aromatic rings. The lowest BCUT2D eigenvalue weighted by Gasteiger charge is -2.08. The molecular weight excluding hydrogens is 408 g/mol. The highest BCUT2D eigenvalue weighted by molar-refractivity contribution is 5.90. The van der Waals surface area contributed by atoms with E-state index < -0.39 is 0 Å². The number of fused-ring (bicyclic) bond motifs is 1. The topological polar surface area (TPSA) is 106 Å². The largest absolute Gasteiger partial charge is 0.374 e. The lowest BCUT2D eigenvalue weighted by Crippen LogP contribution is -2.26. The van der Waals surface area contributed by atoms with Crippen molar-refractivity contribution in [2.24, 2.45) is 0 Å². The molecule has 0 radical (unpaired) electrons. The number of hydrogen-bond acceptors (Lipinski definition) is 5. The number of carbonyl (C=O) groups is 2. The Morgan fingerprint density at radius 1 is 1.28 bits per heavy atom. The Hall–Kier alpha value is -3.52. The third-order valence-electron chi connectivity index (χ3n) is 4.82. The van der Waals surface area contributed by atoms with Gasteiger partial charge in [0.25, 0.3) is 5.56 Å². The van der Waals surface area contributed by atoms with Crippen molar-refractivity contribution in [3.63, 3.8) is 0 Å². The summed E-state index contributed by atoms with van der Waals surface area (Å²) >= 11 is 0. The minimum absolute atomic E-state index is 0.119. The van der Waals surface area contributed by atoms with Crippen LogP contribution in [0, 0.1) is 0 Å². The molecule has 0 spiro atoms. The van der Waals surface area contributed by atoms with E-state index in [4.69, 9.17) is 4.74 Å². The van der Waals surface area contributed by atoms with E-state index in [1.165, 1.54) is 10.6 Å². The SMILES string of the molecule is CC(C)OCc1cccc2[nH]c(Cn3cccc(NC(=O)CCC/C=C/C=O)c3=O)nc12. The number of aldehydes is 1. The molecule has 0 saturated carbocycles. The van der Waals surface area contributed by atoms with Crippen LogP contribution in [0.2, 0.25) is 0 Å². The summed E-state index contributed by atoms with van der Waals surface area (Å²) in [6.45, 7) is 4.68. The van der Waals surface area contributed by atoms with E-state index >= 15 is 0 Å². The molecule has 0 atom stereocenters. The molecule has 0 saturated heterocycles. The second kappa shape index (κ2) is 11.2. The van der Waals surface area contributed by atoms with Gasteiger partial charge in [0, 0.05) is 18.2 Å². The van der Waals surface area contributed by atoms with Gasteiger partial charge in [-0.3, -0.25) is 14.4 Å². The number of aromatic nitrogens is 3. The number of benzene rings is 1. The number of carbonyl (C=O) groups excluding carboxylic acids is 2. The summed E-state index contributed by atoms with van der Waals surface area (Å²) in [5.41, 5.74) is 2.61. The van der Waals surface area contributed by atoms with Gasteiger partial charge in [-0.05, 0) is 51.0 Å². The van der Waals surface area contributed by atoms with Gasteiger partial charge in [-0.15, -0.1) is 0 Å². The van der Waals surface area contributed by atoms with E-state index in [1.807, 2.05) is 32.0 Å². The third kappa shape index (κ3) is 6.24. The van der Waals surface area contributed by atoms with Crippen LogP contribution in [0.25, 0.3) is 11.0 Å². The predicted molar refractivity (Wildman–Crippen MR) is 124 cm³/mol. The molecule has 1 aromatic carbocycles. The predicted octanol–water partition coefficient (Wildman–Crippen LogP) is 3.56. The van der Waals surface area contributed by atoms with Crippen LogP contribution in [0.3, 0.4) is 0 Å². The molecule has 32 heavy (non-hydrogen) atoms. The standard InChI is InChI=1S/C24H28N4O4/c1-17(2)32-16-18-9-7-10-19-23(18)27-21(25-19)15-28-13-8-11-20(24(28)31)26-22(30)12-5-3-4-6-14-29/h4,6-11,13-14,17H,3,5,12,15-16H2,1-2H3,(H,25,27)(H,26,30)/b6-4+. The van der Waals surface area contributed by atoms with Crippen LogP contribution >= 0.6 is 0 Å². The number of nitrogens with one attached hydrogen (secondary N) is 2. The van der Waals surface area contributed by atoms with Gasteiger partial charge < -0.3 is 19.6 Å². The maximum Gasteiger partial charge on any atom is 0.274 e. The van der Waals surface area contributed by atoms with Crippen LogP contribution in [-0.2, 0) is 27.5 Å². The first-order valence-corrected chi connectivity index (χ1v) is 10.7. The number of anilines is 1. The van der Waals surface area contributed by atoms with Gasteiger partial charge in [-0.25, -0.2) is 4.98 Å². The number of hydrogen-bond donors (Lipinski definition) is 2. The smallest absolute Gasteiger partial charge is 0.274 e. The molecule has 3 rings (SSSR count). The summed E-state index contributed by atoms with van der Waals surface area (Å²) in [4.78, 5) is 43.1. The van der Waals surface area contributed by atoms with E-state index in [0.29, 0.717) is 31.6 Å². The number of ether oxygens (including phenoxy) is 1. The van der Waals surface area contributed by atoms with Crippen molar-refractivity contribution in [2.45, 2.75) is 52.4 Å². The molecule has 0 bridgehead atoms. The first-order valence-electron chi connectivity index (χ1n) is 10.7. The maximum absolute atomic E-state index is 12.8. The second-order valence-electron chi connectivity index (χ2n) is 7.72. The van der Waals surface area contributed by atoms with Crippen molar-refractivity contribution in [3.05, 3.63) is 70.4 Å². The molecule has 2 aromatic heterocycles. The van der Waals surface area contributed by atoms with Crippen molar-refractivity contribution in [1.29, 1.82) is 0 Å². The molecule has 0 fully saturated rings. The molecule has 0 unspecified atom stereocenters. The van der Waals surface area contributed by atoms with Crippen LogP contribution in [0.4, 0.5) is 5.69 Å². The number of rotatable bonds is 11. The van der Waals surface area contributed by atoms with Crippen molar-refractivity contribution >= 4 is 28.9 Å². The van der Waals surface area contributed by atoms with Gasteiger partial charge in [0.1, 0.15) is 17.8 Å². The molecule has 0 aliphatic rings. The Balaban J connectivity index is 1.70. The highest BCUT2D eigenvalue weighted by atomic mass is 16.5. The minimum Gasteiger partial charge on any atom is -0.374 e. The zero-order valence-electron chi connectivity index (χ0n) is 18.3. The fourth-order valence-electron chi connectivity index (χ4n) is 3.25. The minimum atomic E-state index is -0.300. The van der Waals surface area contributed by atoms with E-state index in [1.54, 1.807) is 24.4 Å². The molecule has 8 nitrogen and oxygen atoms in total. The summed E-state index contributed by atoms with van der Waals surface area (Å²) in [7, 11) is 0. The van der Waals surface area contributed by atoms with Gasteiger partial charge in [-0.2, -0.15) is 0 Å². The fraction of sp³-hybridized carbons (Fsp3) is 0.333. The monoisotopic (exact) mass is 436 g/mol. The number of H-pyrrole nitrogens is 1. The molecule has 2 heterocycles. The van der Waals surface area contributed by atoms with Crippen molar-refractivity contribution in [3.8, 4) is 0 Å². The lowest BCUT2D eigenvalue weighted by atomic mass is 10.2. The number of amides is 1. The average Bonchev–Trinajstić information content (AvgIpc) is 3.18. The first kappa shape index (κ1) is 23.1. The summed E-state index contributed by atoms with van der Waals surface area (Å²) < 4.78 is 7.22. The van der Waals surface area contributed by atoms with Crippen molar-refractivity contribution in [2.75, 3.05) is 5.32 Å². The molecular formula is C24H28N4O4. The van der Waals surface area contributed by atoms with Gasteiger partial charge in [0.05, 0.1) is 30.3 Å². The summed E-state index contributed by atoms with van der Waals surface area (Å²) in [6.07, 6.45) is 7.10. The molecule has 168 valence electrons. The third-order valence-corrected chi connectivity index (χ3v) is 4.82. The van der Waals surface area contributed by atoms with Crippen LogP contribution in [0.5, 0.6) is 0 Å². The number of imidazole rings is 1. The number of nitrogens with zero attached hydrogens (tertiary/aromatic N) is 2. The Morgan fingerprint density at radius 2 is 2.12 bits per heavy atom. The normalized spacial score (nSPS) is 11.5. The molecule has 0 aliphatic carbocycles. The quantitative estimate of drug-likeness (QED) is 0.272. The van der Waals surface area contributed by atoms with E-state index in [-0.39, 0.29) is 36.2 Å². The Labute approximate surface area is 186 Å². The summed E-state index contributed by atoms with van der Waals surface area (Å²) in [5, 5.41) is 2.68. The average molecular weight is 437 g/mol. The Bertz CT molecular complexity index is 1160. The highest BCUT2D eigenvalue weighted by Gasteiger charge is 2.11. The second-order valence-corrected chi connectivity index (χ2v) is 7.72. The van der Waals surface area contributed by atoms with Gasteiger partial charge >= 0.3 is 0 Å². The van der Waals surface area contributed by atoms with Crippen molar-refractivity contribution in [1.82, 2.24) is 14.5 Å². The number of pyridine rings is 1. The lowest BCUT2D eigenvalue weighted by molar-refractivity contribution is -0.116. The number of aromatic amines is 1. The van der Waals surface area contributed by atoms with E-state index in [9.17, 15) is 14.4 Å². The highest BCUT2D eigenvalue weighted by Crippen LogP contribution is 2.18. The first-order chi connectivity index (χ1) is 15.5. The fourth-order valence-corrected chi connectivity index (χ4v) is 3.25. The summed E-state index contributed by atoms with van der Waals surface area (Å²) in [6, 6.07) is 9.17. The summed E-state index contributed by atoms with van der Waals surface area (Å²) in [5.74, 6) is 0.405. The number of unbranched alkanes of at least 4 members (excludes halogenated alkanes) is 1. The van der Waals surface area contributed by atoms with Crippen LogP contribution < -0.4 is 10.9 Å². The van der Waals surface area contributed by atoms with Gasteiger partial charge in [0.2, 0.25) is 5.91 Å². The number of para-hydroxylation sites is 1. The van der Waals surface area contributed by atoms with Crippen LogP contribution in [0.1, 0.15) is 44.5 Å². The maximum atomic E-state index is 12.8. The molecule has 0 aliphatic heterocycles. The number of allylic oxidation sites excluding steroid dienone is 2. The van der Waals surface area contributed by atoms with Crippen molar-refractivity contribution < 1.29 is 14.3 Å². The Kier molecular flexibility index (Phi) is 8.10. The van der Waals surface area contributed by atoms with Crippen LogP contribution in [-0.4, -0.2) is 32.8 Å². The zero-order chi connectivity index (χ0) is 22.9. The van der Waals surface area contributed by atoms with Crippen LogP contribution in [0.15, 0.2) is 53.5 Å². The van der Waals surface area contributed by atoms with E-state index in [0.717, 1.165) is 16.6 Å². The molecule has 1 amide bonds. The Morgan fingerprint density at radius 3 is 2.91 bits per heavy atom. The van der Waals surface area contributed by atoms with E-state index in [2.05, 4.69) is 15.3 Å². The van der Waals surface area contributed by atoms with Gasteiger partial charge in [-0.1, -0.05) is 18.2 Å².